The minimum absolute atomic E-state index is 0.0689. The van der Waals surface area contributed by atoms with E-state index in [9.17, 15) is 22.8 Å². The van der Waals surface area contributed by atoms with Crippen LogP contribution in [0.2, 0.25) is 5.02 Å². The number of carbonyl (C=O) groups excluding carboxylic acids is 2. The minimum atomic E-state index is -4.65. The molecular weight excluding hydrogens is 527 g/mol. The number of anilines is 3. The molecule has 4 rings (SSSR count). The number of nitrogens with one attached hydrogen (secondary N) is 5. The van der Waals surface area contributed by atoms with Gasteiger partial charge in [0.25, 0.3) is 0 Å². The zero-order valence-corrected chi connectivity index (χ0v) is 20.5. The topological polar surface area (TPSA) is 138 Å². The summed E-state index contributed by atoms with van der Waals surface area (Å²) in [5.74, 6) is 0.238. The Labute approximate surface area is 218 Å². The number of carbonyl (C=O) groups is 2. The number of imidazole rings is 1. The number of fused-ring (bicyclic) bond motifs is 1. The zero-order valence-electron chi connectivity index (χ0n) is 19.7. The zero-order chi connectivity index (χ0) is 27.3. The molecule has 4 amide bonds. The third-order valence-electron chi connectivity index (χ3n) is 5.16. The number of rotatable bonds is 7. The van der Waals surface area contributed by atoms with E-state index in [2.05, 4.69) is 41.5 Å². The molecule has 0 radical (unpaired) electrons. The minimum Gasteiger partial charge on any atom is -0.337 e. The van der Waals surface area contributed by atoms with Crippen LogP contribution in [0.25, 0.3) is 16.9 Å². The molecule has 15 heteroatoms. The van der Waals surface area contributed by atoms with Crippen LogP contribution < -0.4 is 26.6 Å². The molecule has 0 aliphatic carbocycles. The summed E-state index contributed by atoms with van der Waals surface area (Å²) in [6.07, 6.45) is -1.85. The molecule has 2 heterocycles. The van der Waals surface area contributed by atoms with Crippen LogP contribution in [0, 0.1) is 0 Å². The maximum Gasteiger partial charge on any atom is 0.417 e. The Hall–Kier alpha value is -4.43. The van der Waals surface area contributed by atoms with E-state index < -0.39 is 28.8 Å². The van der Waals surface area contributed by atoms with Crippen molar-refractivity contribution < 1.29 is 22.8 Å². The van der Waals surface area contributed by atoms with E-state index in [4.69, 9.17) is 11.6 Å². The summed E-state index contributed by atoms with van der Waals surface area (Å²) >= 11 is 5.61. The highest BCUT2D eigenvalue weighted by Crippen LogP contribution is 2.36. The number of amides is 4. The molecule has 0 unspecified atom stereocenters. The summed E-state index contributed by atoms with van der Waals surface area (Å²) in [4.78, 5) is 37.0. The maximum atomic E-state index is 13.0. The van der Waals surface area contributed by atoms with Gasteiger partial charge in [-0.2, -0.15) is 13.2 Å². The van der Waals surface area contributed by atoms with Crippen molar-refractivity contribution in [3.05, 3.63) is 65.7 Å². The second-order valence-corrected chi connectivity index (χ2v) is 8.22. The second-order valence-electron chi connectivity index (χ2n) is 7.81. The van der Waals surface area contributed by atoms with Gasteiger partial charge in [-0.1, -0.05) is 11.6 Å². The van der Waals surface area contributed by atoms with Crippen molar-refractivity contribution in [2.75, 3.05) is 36.1 Å². The van der Waals surface area contributed by atoms with Gasteiger partial charge >= 0.3 is 18.2 Å². The van der Waals surface area contributed by atoms with Crippen molar-refractivity contribution in [1.82, 2.24) is 30.2 Å². The molecule has 38 heavy (non-hydrogen) atoms. The monoisotopic (exact) mass is 547 g/mol. The molecule has 2 aromatic heterocycles. The van der Waals surface area contributed by atoms with E-state index in [1.54, 1.807) is 35.9 Å². The quantitative estimate of drug-likeness (QED) is 0.216. The number of likely N-dealkylation sites (N-methyl/N-ethyl adjacent to an activating group) is 1. The summed E-state index contributed by atoms with van der Waals surface area (Å²) in [6.45, 7) is 1.03. The number of alkyl halides is 3. The smallest absolute Gasteiger partial charge is 0.337 e. The normalized spacial score (nSPS) is 11.3. The lowest BCUT2D eigenvalue weighted by molar-refractivity contribution is -0.137. The van der Waals surface area contributed by atoms with E-state index in [0.29, 0.717) is 35.6 Å². The summed E-state index contributed by atoms with van der Waals surface area (Å²) in [5, 5.41) is 12.7. The lowest BCUT2D eigenvalue weighted by atomic mass is 10.2. The Kier molecular flexibility index (Phi) is 7.93. The number of halogens is 4. The lowest BCUT2D eigenvalue weighted by Gasteiger charge is -2.12. The van der Waals surface area contributed by atoms with E-state index in [0.717, 1.165) is 12.1 Å². The van der Waals surface area contributed by atoms with Crippen LogP contribution >= 0.6 is 11.6 Å². The van der Waals surface area contributed by atoms with Gasteiger partial charge in [0.15, 0.2) is 17.0 Å². The molecule has 198 valence electrons. The largest absolute Gasteiger partial charge is 0.417 e. The third kappa shape index (κ3) is 6.27. The average Bonchev–Trinajstić information content (AvgIpc) is 3.30. The average molecular weight is 548 g/mol. The number of hydrogen-bond acceptors (Lipinski definition) is 6. The first-order valence-electron chi connectivity index (χ1n) is 11.1. The molecule has 0 atom stereocenters. The van der Waals surface area contributed by atoms with E-state index >= 15 is 0 Å². The molecule has 0 aliphatic heterocycles. The molecule has 2 aromatic carbocycles. The fraction of sp³-hybridized carbons (Fsp3) is 0.174. The highest BCUT2D eigenvalue weighted by molar-refractivity contribution is 6.31. The Morgan fingerprint density at radius 3 is 2.34 bits per heavy atom. The van der Waals surface area contributed by atoms with Gasteiger partial charge < -0.3 is 21.3 Å². The molecule has 0 aliphatic rings. The lowest BCUT2D eigenvalue weighted by Crippen LogP contribution is -2.34. The first-order valence-corrected chi connectivity index (χ1v) is 11.5. The standard InChI is InChI=1S/C23H21ClF3N9O2/c1-28-8-9-29-21(37)35-19-18-20(31-11-30-19)36(12-32-18)15-5-2-13(3-6-15)33-22(38)34-14-4-7-17(24)16(10-14)23(25,26)27/h2-7,10-12,28H,8-9H2,1H3,(H2,33,34,38)(H2,29,30,31,35,37). The fourth-order valence-corrected chi connectivity index (χ4v) is 3.61. The molecular formula is C23H21ClF3N9O2. The Bertz CT molecular complexity index is 1460. The van der Waals surface area contributed by atoms with Gasteiger partial charge in [-0.25, -0.2) is 24.5 Å². The molecule has 0 saturated heterocycles. The highest BCUT2D eigenvalue weighted by atomic mass is 35.5. The second kappa shape index (κ2) is 11.3. The van der Waals surface area contributed by atoms with Crippen molar-refractivity contribution in [2.24, 2.45) is 0 Å². The van der Waals surface area contributed by atoms with Gasteiger partial charge in [-0.15, -0.1) is 0 Å². The predicted octanol–water partition coefficient (Wildman–Crippen LogP) is 4.47. The van der Waals surface area contributed by atoms with Crippen LogP contribution in [-0.4, -0.2) is 51.7 Å². The van der Waals surface area contributed by atoms with Crippen LogP contribution in [0.4, 0.5) is 40.0 Å². The number of nitrogens with zero attached hydrogens (tertiary/aromatic N) is 4. The first kappa shape index (κ1) is 26.6. The number of benzene rings is 2. The molecule has 5 N–H and O–H groups in total. The summed E-state index contributed by atoms with van der Waals surface area (Å²) in [6, 6.07) is 8.47. The number of aromatic nitrogens is 4. The molecule has 11 nitrogen and oxygen atoms in total. The van der Waals surface area contributed by atoms with Crippen LogP contribution in [0.5, 0.6) is 0 Å². The molecule has 0 bridgehead atoms. The van der Waals surface area contributed by atoms with Crippen LogP contribution in [0.1, 0.15) is 5.56 Å². The van der Waals surface area contributed by atoms with Gasteiger partial charge in [-0.3, -0.25) is 9.88 Å². The summed E-state index contributed by atoms with van der Waals surface area (Å²) in [5.41, 5.74) is 0.724. The third-order valence-corrected chi connectivity index (χ3v) is 5.49. The van der Waals surface area contributed by atoms with Crippen molar-refractivity contribution in [3.63, 3.8) is 0 Å². The van der Waals surface area contributed by atoms with Crippen molar-refractivity contribution in [1.29, 1.82) is 0 Å². The van der Waals surface area contributed by atoms with Crippen molar-refractivity contribution >= 4 is 52.0 Å². The van der Waals surface area contributed by atoms with Crippen LogP contribution in [0.3, 0.4) is 0 Å². The Morgan fingerprint density at radius 1 is 0.921 bits per heavy atom. The van der Waals surface area contributed by atoms with Gasteiger partial charge in [0.2, 0.25) is 0 Å². The molecule has 0 fully saturated rings. The van der Waals surface area contributed by atoms with Crippen LogP contribution in [0.15, 0.2) is 55.1 Å². The van der Waals surface area contributed by atoms with E-state index in [-0.39, 0.29) is 11.5 Å². The van der Waals surface area contributed by atoms with Crippen molar-refractivity contribution in [2.45, 2.75) is 6.18 Å². The van der Waals surface area contributed by atoms with Gasteiger partial charge in [0.05, 0.1) is 10.6 Å². The Balaban J connectivity index is 1.44. The summed E-state index contributed by atoms with van der Waals surface area (Å²) in [7, 11) is 1.77. The predicted molar refractivity (Wildman–Crippen MR) is 137 cm³/mol. The highest BCUT2D eigenvalue weighted by Gasteiger charge is 2.33. The maximum absolute atomic E-state index is 13.0. The molecule has 0 spiro atoms. The number of hydrogen-bond donors (Lipinski definition) is 5. The number of urea groups is 2. The van der Waals surface area contributed by atoms with Crippen molar-refractivity contribution in [3.8, 4) is 5.69 Å². The molecule has 0 saturated carbocycles. The van der Waals surface area contributed by atoms with Gasteiger partial charge in [0, 0.05) is 30.2 Å². The molecule has 4 aromatic rings. The van der Waals surface area contributed by atoms with Crippen LogP contribution in [-0.2, 0) is 6.18 Å². The first-order chi connectivity index (χ1) is 18.2. The fourth-order valence-electron chi connectivity index (χ4n) is 3.39. The summed E-state index contributed by atoms with van der Waals surface area (Å²) < 4.78 is 40.8. The SMILES string of the molecule is CNCCNC(=O)Nc1ncnc2c1ncn2-c1ccc(NC(=O)Nc2ccc(Cl)c(C(F)(F)F)c2)cc1. The Morgan fingerprint density at radius 2 is 1.63 bits per heavy atom. The van der Waals surface area contributed by atoms with Gasteiger partial charge in [0.1, 0.15) is 12.7 Å². The van der Waals surface area contributed by atoms with E-state index in [1.165, 1.54) is 18.7 Å². The van der Waals surface area contributed by atoms with E-state index in [1.807, 2.05) is 0 Å². The van der Waals surface area contributed by atoms with Gasteiger partial charge in [-0.05, 0) is 49.5 Å².